The van der Waals surface area contributed by atoms with Gasteiger partial charge in [0, 0.05) is 16.7 Å². The molecule has 1 amide bonds. The average molecular weight is 348 g/mol. The molecule has 0 fully saturated rings. The summed E-state index contributed by atoms with van der Waals surface area (Å²) < 4.78 is 0.841. The van der Waals surface area contributed by atoms with Gasteiger partial charge >= 0.3 is 0 Å². The number of amides is 1. The molecule has 1 aromatic rings. The summed E-state index contributed by atoms with van der Waals surface area (Å²) in [7, 11) is 0. The molecule has 106 valence electrons. The lowest BCUT2D eigenvalue weighted by molar-refractivity contribution is -0.121. The Morgan fingerprint density at radius 3 is 2.63 bits per heavy atom. The molecule has 5 heteroatoms. The number of hydrogen-bond acceptors (Lipinski definition) is 2. The first-order valence-corrected chi connectivity index (χ1v) is 7.56. The molecule has 3 nitrogen and oxygen atoms in total. The van der Waals surface area contributed by atoms with Crippen molar-refractivity contribution < 1.29 is 4.79 Å². The Kier molecular flexibility index (Phi) is 6.66. The highest BCUT2D eigenvalue weighted by atomic mass is 79.9. The third-order valence-electron chi connectivity index (χ3n) is 2.72. The molecule has 0 aliphatic carbocycles. The SMILES string of the molecule is CC(C)CCNC(=O)C(C)Nc1ccc(Br)c(Cl)c1. The minimum absolute atomic E-state index is 0.000286. The first-order chi connectivity index (χ1) is 8.90. The van der Waals surface area contributed by atoms with Gasteiger partial charge in [-0.3, -0.25) is 4.79 Å². The molecule has 1 rings (SSSR count). The molecule has 0 heterocycles. The van der Waals surface area contributed by atoms with Gasteiger partial charge in [0.1, 0.15) is 6.04 Å². The molecule has 1 aromatic carbocycles. The molecule has 2 N–H and O–H groups in total. The largest absolute Gasteiger partial charge is 0.374 e. The lowest BCUT2D eigenvalue weighted by atomic mass is 10.1. The summed E-state index contributed by atoms with van der Waals surface area (Å²) in [5.74, 6) is 0.591. The zero-order valence-electron chi connectivity index (χ0n) is 11.5. The second-order valence-corrected chi connectivity index (χ2v) is 6.23. The van der Waals surface area contributed by atoms with E-state index in [2.05, 4.69) is 40.4 Å². The maximum Gasteiger partial charge on any atom is 0.242 e. The summed E-state index contributed by atoms with van der Waals surface area (Å²) in [5, 5.41) is 6.67. The summed E-state index contributed by atoms with van der Waals surface area (Å²) in [5.41, 5.74) is 0.833. The fourth-order valence-corrected chi connectivity index (χ4v) is 1.97. The van der Waals surface area contributed by atoms with Crippen molar-refractivity contribution in [1.82, 2.24) is 5.32 Å². The fraction of sp³-hybridized carbons (Fsp3) is 0.500. The van der Waals surface area contributed by atoms with Gasteiger partial charge in [0.2, 0.25) is 5.91 Å². The van der Waals surface area contributed by atoms with Crippen LogP contribution < -0.4 is 10.6 Å². The first kappa shape index (κ1) is 16.3. The first-order valence-electron chi connectivity index (χ1n) is 6.39. The number of halogens is 2. The maximum absolute atomic E-state index is 11.9. The van der Waals surface area contributed by atoms with Gasteiger partial charge in [-0.1, -0.05) is 25.4 Å². The second kappa shape index (κ2) is 7.75. The van der Waals surface area contributed by atoms with Crippen molar-refractivity contribution in [3.63, 3.8) is 0 Å². The van der Waals surface area contributed by atoms with Crippen molar-refractivity contribution in [3.8, 4) is 0 Å². The fourth-order valence-electron chi connectivity index (χ4n) is 1.54. The highest BCUT2D eigenvalue weighted by Gasteiger charge is 2.12. The van der Waals surface area contributed by atoms with Crippen LogP contribution in [-0.2, 0) is 4.79 Å². The van der Waals surface area contributed by atoms with Crippen molar-refractivity contribution in [1.29, 1.82) is 0 Å². The highest BCUT2D eigenvalue weighted by Crippen LogP contribution is 2.25. The highest BCUT2D eigenvalue weighted by molar-refractivity contribution is 9.10. The zero-order valence-corrected chi connectivity index (χ0v) is 13.8. The molecule has 0 spiro atoms. The molecule has 1 atom stereocenters. The van der Waals surface area contributed by atoms with E-state index >= 15 is 0 Å². The van der Waals surface area contributed by atoms with Gasteiger partial charge < -0.3 is 10.6 Å². The number of carbonyl (C=O) groups is 1. The molecule has 0 saturated heterocycles. The third-order valence-corrected chi connectivity index (χ3v) is 3.95. The predicted octanol–water partition coefficient (Wildman–Crippen LogP) is 4.07. The quantitative estimate of drug-likeness (QED) is 0.814. The number of nitrogens with one attached hydrogen (secondary N) is 2. The van der Waals surface area contributed by atoms with Crippen LogP contribution in [0, 0.1) is 5.92 Å². The lowest BCUT2D eigenvalue weighted by Crippen LogP contribution is -2.38. The normalized spacial score (nSPS) is 12.3. The molecule has 0 saturated carbocycles. The number of rotatable bonds is 6. The Morgan fingerprint density at radius 2 is 2.05 bits per heavy atom. The summed E-state index contributed by atoms with van der Waals surface area (Å²) in [4.78, 5) is 11.9. The van der Waals surface area contributed by atoms with Crippen molar-refractivity contribution >= 4 is 39.1 Å². The Morgan fingerprint density at radius 1 is 1.37 bits per heavy atom. The Labute approximate surface area is 128 Å². The van der Waals surface area contributed by atoms with Gasteiger partial charge in [-0.2, -0.15) is 0 Å². The van der Waals surface area contributed by atoms with Crippen molar-refractivity contribution in [2.75, 3.05) is 11.9 Å². The molecule has 0 aliphatic heterocycles. The van der Waals surface area contributed by atoms with Crippen LogP contribution in [0.3, 0.4) is 0 Å². The van der Waals surface area contributed by atoms with Crippen LogP contribution in [0.5, 0.6) is 0 Å². The molecule has 0 radical (unpaired) electrons. The van der Waals surface area contributed by atoms with Gasteiger partial charge in [0.15, 0.2) is 0 Å². The minimum atomic E-state index is -0.288. The van der Waals surface area contributed by atoms with Crippen LogP contribution in [0.25, 0.3) is 0 Å². The standard InChI is InChI=1S/C14H20BrClN2O/c1-9(2)6-7-17-14(19)10(3)18-11-4-5-12(15)13(16)8-11/h4-5,8-10,18H,6-7H2,1-3H3,(H,17,19). The van der Waals surface area contributed by atoms with E-state index in [9.17, 15) is 4.79 Å². The molecule has 19 heavy (non-hydrogen) atoms. The van der Waals surface area contributed by atoms with E-state index in [4.69, 9.17) is 11.6 Å². The topological polar surface area (TPSA) is 41.1 Å². The van der Waals surface area contributed by atoms with Gasteiger partial charge in [-0.25, -0.2) is 0 Å². The minimum Gasteiger partial charge on any atom is -0.374 e. The molecule has 1 unspecified atom stereocenters. The number of benzene rings is 1. The maximum atomic E-state index is 11.9. The van der Waals surface area contributed by atoms with E-state index in [1.54, 1.807) is 6.07 Å². The molecular weight excluding hydrogens is 328 g/mol. The average Bonchev–Trinajstić information content (AvgIpc) is 2.33. The Bertz CT molecular complexity index is 437. The van der Waals surface area contributed by atoms with Crippen molar-refractivity contribution in [2.45, 2.75) is 33.2 Å². The van der Waals surface area contributed by atoms with Crippen LogP contribution in [0.15, 0.2) is 22.7 Å². The van der Waals surface area contributed by atoms with Gasteiger partial charge in [-0.05, 0) is 53.4 Å². The van der Waals surface area contributed by atoms with Crippen molar-refractivity contribution in [2.24, 2.45) is 5.92 Å². The van der Waals surface area contributed by atoms with Crippen LogP contribution in [0.1, 0.15) is 27.2 Å². The van der Waals surface area contributed by atoms with Crippen LogP contribution in [-0.4, -0.2) is 18.5 Å². The zero-order chi connectivity index (χ0) is 14.4. The summed E-state index contributed by atoms with van der Waals surface area (Å²) >= 11 is 9.34. The molecule has 0 aliphatic rings. The van der Waals surface area contributed by atoms with E-state index in [1.165, 1.54) is 0 Å². The summed E-state index contributed by atoms with van der Waals surface area (Å²) in [6.45, 7) is 6.82. The number of carbonyl (C=O) groups excluding carboxylic acids is 1. The van der Waals surface area contributed by atoms with Crippen LogP contribution in [0.2, 0.25) is 5.02 Å². The second-order valence-electron chi connectivity index (χ2n) is 4.97. The third kappa shape index (κ3) is 5.83. The van der Waals surface area contributed by atoms with Crippen LogP contribution in [0.4, 0.5) is 5.69 Å². The monoisotopic (exact) mass is 346 g/mol. The summed E-state index contributed by atoms with van der Waals surface area (Å²) in [6.07, 6.45) is 0.989. The van der Waals surface area contributed by atoms with E-state index < -0.39 is 0 Å². The molecular formula is C14H20BrClN2O. The van der Waals surface area contributed by atoms with Gasteiger partial charge in [0.25, 0.3) is 0 Å². The number of anilines is 1. The smallest absolute Gasteiger partial charge is 0.242 e. The van der Waals surface area contributed by atoms with E-state index in [0.29, 0.717) is 17.5 Å². The lowest BCUT2D eigenvalue weighted by Gasteiger charge is -2.16. The predicted molar refractivity (Wildman–Crippen MR) is 84.7 cm³/mol. The van der Waals surface area contributed by atoms with E-state index in [1.807, 2.05) is 19.1 Å². The number of hydrogen-bond donors (Lipinski definition) is 2. The van der Waals surface area contributed by atoms with Gasteiger partial charge in [0.05, 0.1) is 5.02 Å². The van der Waals surface area contributed by atoms with Gasteiger partial charge in [-0.15, -0.1) is 0 Å². The van der Waals surface area contributed by atoms with Crippen molar-refractivity contribution in [3.05, 3.63) is 27.7 Å². The molecule has 0 bridgehead atoms. The molecule has 0 aromatic heterocycles. The summed E-state index contributed by atoms with van der Waals surface area (Å²) in [6, 6.07) is 5.25. The Hall–Kier alpha value is -0.740. The van der Waals surface area contributed by atoms with Crippen LogP contribution >= 0.6 is 27.5 Å². The Balaban J connectivity index is 2.47. The van der Waals surface area contributed by atoms with E-state index in [-0.39, 0.29) is 11.9 Å². The van der Waals surface area contributed by atoms with E-state index in [0.717, 1.165) is 16.6 Å².